The SMILES string of the molecule is CCn1c(Sc2ccc(C(F)(F)F)nn2)nc2sc3c(c2c1=O)CCC(C)C3. The zero-order valence-electron chi connectivity index (χ0n) is 15.2. The van der Waals surface area contributed by atoms with E-state index in [0.717, 1.165) is 42.7 Å². The lowest BCUT2D eigenvalue weighted by molar-refractivity contribution is -0.141. The van der Waals surface area contributed by atoms with Crippen molar-refractivity contribution < 1.29 is 13.2 Å². The molecule has 0 fully saturated rings. The van der Waals surface area contributed by atoms with Crippen LogP contribution in [-0.4, -0.2) is 19.7 Å². The molecule has 1 aliphatic carbocycles. The van der Waals surface area contributed by atoms with Crippen molar-refractivity contribution in [2.75, 3.05) is 0 Å². The number of aromatic nitrogens is 4. The van der Waals surface area contributed by atoms with E-state index in [1.807, 2.05) is 6.92 Å². The van der Waals surface area contributed by atoms with Gasteiger partial charge in [0.05, 0.1) is 5.39 Å². The van der Waals surface area contributed by atoms with Crippen molar-refractivity contribution in [2.45, 2.75) is 56.0 Å². The minimum absolute atomic E-state index is 0.0954. The lowest BCUT2D eigenvalue weighted by Gasteiger charge is -2.17. The average molecular weight is 426 g/mol. The molecule has 0 N–H and O–H groups in total. The fourth-order valence-electron chi connectivity index (χ4n) is 3.38. The fourth-order valence-corrected chi connectivity index (χ4v) is 5.68. The highest BCUT2D eigenvalue weighted by Gasteiger charge is 2.33. The van der Waals surface area contributed by atoms with E-state index in [9.17, 15) is 18.0 Å². The Morgan fingerprint density at radius 1 is 1.32 bits per heavy atom. The van der Waals surface area contributed by atoms with E-state index >= 15 is 0 Å². The molecule has 10 heteroatoms. The third-order valence-electron chi connectivity index (χ3n) is 4.82. The molecule has 0 amide bonds. The Balaban J connectivity index is 1.76. The van der Waals surface area contributed by atoms with E-state index in [1.165, 1.54) is 10.9 Å². The van der Waals surface area contributed by atoms with Crippen molar-refractivity contribution >= 4 is 33.3 Å². The van der Waals surface area contributed by atoms with Gasteiger partial charge in [-0.3, -0.25) is 9.36 Å². The van der Waals surface area contributed by atoms with Crippen molar-refractivity contribution in [3.63, 3.8) is 0 Å². The van der Waals surface area contributed by atoms with Crippen LogP contribution in [0.1, 0.15) is 36.4 Å². The molecule has 0 aliphatic heterocycles. The van der Waals surface area contributed by atoms with Crippen LogP contribution in [0.15, 0.2) is 27.1 Å². The van der Waals surface area contributed by atoms with Crippen LogP contribution >= 0.6 is 23.1 Å². The molecule has 3 aromatic heterocycles. The van der Waals surface area contributed by atoms with Gasteiger partial charge >= 0.3 is 6.18 Å². The molecule has 1 aliphatic rings. The smallest absolute Gasteiger partial charge is 0.287 e. The molecule has 0 radical (unpaired) electrons. The zero-order valence-corrected chi connectivity index (χ0v) is 16.8. The van der Waals surface area contributed by atoms with E-state index in [1.54, 1.807) is 15.9 Å². The maximum absolute atomic E-state index is 13.1. The van der Waals surface area contributed by atoms with Crippen LogP contribution in [0, 0.1) is 5.92 Å². The predicted octanol–water partition coefficient (Wildman–Crippen LogP) is 4.56. The van der Waals surface area contributed by atoms with E-state index < -0.39 is 11.9 Å². The second kappa shape index (κ2) is 7.14. The van der Waals surface area contributed by atoms with Crippen LogP contribution in [-0.2, 0) is 25.6 Å². The van der Waals surface area contributed by atoms with Crippen molar-refractivity contribution in [3.8, 4) is 0 Å². The lowest BCUT2D eigenvalue weighted by Crippen LogP contribution is -2.23. The Morgan fingerprint density at radius 3 is 2.75 bits per heavy atom. The first-order valence-electron chi connectivity index (χ1n) is 8.91. The number of thiophene rings is 1. The van der Waals surface area contributed by atoms with Gasteiger partial charge in [0.1, 0.15) is 9.86 Å². The average Bonchev–Trinajstić information content (AvgIpc) is 2.99. The van der Waals surface area contributed by atoms with Gasteiger partial charge in [0.25, 0.3) is 5.56 Å². The van der Waals surface area contributed by atoms with Gasteiger partial charge in [0, 0.05) is 11.4 Å². The summed E-state index contributed by atoms with van der Waals surface area (Å²) in [6.45, 7) is 4.47. The molecule has 0 bridgehead atoms. The number of rotatable bonds is 3. The minimum atomic E-state index is -4.54. The quantitative estimate of drug-likeness (QED) is 0.575. The summed E-state index contributed by atoms with van der Waals surface area (Å²) in [5.41, 5.74) is -0.0289. The third kappa shape index (κ3) is 3.43. The standard InChI is InChI=1S/C18H17F3N4OS2/c1-3-25-16(26)14-10-5-4-9(2)8-11(10)27-15(14)22-17(25)28-13-7-6-12(23-24-13)18(19,20)21/h6-7,9H,3-5,8H2,1-2H3. The van der Waals surface area contributed by atoms with Crippen molar-refractivity contribution in [1.29, 1.82) is 0 Å². The van der Waals surface area contributed by atoms with Gasteiger partial charge in [-0.15, -0.1) is 21.5 Å². The van der Waals surface area contributed by atoms with Crippen LogP contribution in [0.3, 0.4) is 0 Å². The third-order valence-corrected chi connectivity index (χ3v) is 6.89. The first kappa shape index (κ1) is 19.4. The summed E-state index contributed by atoms with van der Waals surface area (Å²) in [5, 5.41) is 8.25. The van der Waals surface area contributed by atoms with Crippen LogP contribution in [0.2, 0.25) is 0 Å². The summed E-state index contributed by atoms with van der Waals surface area (Å²) in [6.07, 6.45) is -1.64. The molecule has 5 nitrogen and oxygen atoms in total. The van der Waals surface area contributed by atoms with Crippen molar-refractivity contribution in [2.24, 2.45) is 5.92 Å². The predicted molar refractivity (Wildman–Crippen MR) is 102 cm³/mol. The maximum atomic E-state index is 13.1. The number of aryl methyl sites for hydroxylation is 1. The van der Waals surface area contributed by atoms with Gasteiger partial charge in [-0.05, 0) is 61.6 Å². The van der Waals surface area contributed by atoms with Gasteiger partial charge in [-0.1, -0.05) is 6.92 Å². The highest BCUT2D eigenvalue weighted by molar-refractivity contribution is 7.99. The highest BCUT2D eigenvalue weighted by atomic mass is 32.2. The fraction of sp³-hybridized carbons (Fsp3) is 0.444. The van der Waals surface area contributed by atoms with Crippen molar-refractivity contribution in [1.82, 2.24) is 19.7 Å². The number of nitrogens with zero attached hydrogens (tertiary/aromatic N) is 4. The Bertz CT molecular complexity index is 1090. The number of halogens is 3. The molecule has 0 spiro atoms. The zero-order chi connectivity index (χ0) is 20.1. The topological polar surface area (TPSA) is 60.7 Å². The van der Waals surface area contributed by atoms with Crippen LogP contribution in [0.5, 0.6) is 0 Å². The summed E-state index contributed by atoms with van der Waals surface area (Å²) in [6, 6.07) is 2.13. The second-order valence-electron chi connectivity index (χ2n) is 6.83. The first-order chi connectivity index (χ1) is 13.3. The number of hydrogen-bond acceptors (Lipinski definition) is 6. The van der Waals surface area contributed by atoms with E-state index in [0.29, 0.717) is 27.8 Å². The molecule has 28 heavy (non-hydrogen) atoms. The van der Waals surface area contributed by atoms with Gasteiger partial charge in [0.2, 0.25) is 0 Å². The van der Waals surface area contributed by atoms with Crippen molar-refractivity contribution in [3.05, 3.63) is 38.6 Å². The van der Waals surface area contributed by atoms with E-state index in [2.05, 4.69) is 22.1 Å². The minimum Gasteiger partial charge on any atom is -0.287 e. The van der Waals surface area contributed by atoms with Gasteiger partial charge in [-0.2, -0.15) is 13.2 Å². The summed E-state index contributed by atoms with van der Waals surface area (Å²) in [4.78, 5) is 19.7. The van der Waals surface area contributed by atoms with Gasteiger partial charge in [-0.25, -0.2) is 4.98 Å². The van der Waals surface area contributed by atoms with Crippen LogP contribution in [0.25, 0.3) is 10.2 Å². The second-order valence-corrected chi connectivity index (χ2v) is 8.90. The summed E-state index contributed by atoms with van der Waals surface area (Å²) >= 11 is 2.60. The number of fused-ring (bicyclic) bond motifs is 3. The Kier molecular flexibility index (Phi) is 4.95. The number of hydrogen-bond donors (Lipinski definition) is 0. The van der Waals surface area contributed by atoms with Gasteiger partial charge < -0.3 is 0 Å². The van der Waals surface area contributed by atoms with Crippen LogP contribution < -0.4 is 5.56 Å². The summed E-state index contributed by atoms with van der Waals surface area (Å²) < 4.78 is 39.6. The Labute approximate surface area is 167 Å². The molecule has 0 saturated carbocycles. The Morgan fingerprint density at radius 2 is 2.11 bits per heavy atom. The molecular weight excluding hydrogens is 409 g/mol. The lowest BCUT2D eigenvalue weighted by atomic mass is 9.89. The Hall–Kier alpha value is -1.94. The maximum Gasteiger partial charge on any atom is 0.435 e. The van der Waals surface area contributed by atoms with Crippen LogP contribution in [0.4, 0.5) is 13.2 Å². The molecule has 3 heterocycles. The van der Waals surface area contributed by atoms with Gasteiger partial charge in [0.15, 0.2) is 10.9 Å². The summed E-state index contributed by atoms with van der Waals surface area (Å²) in [7, 11) is 0. The van der Waals surface area contributed by atoms with E-state index in [-0.39, 0.29) is 10.6 Å². The van der Waals surface area contributed by atoms with E-state index in [4.69, 9.17) is 0 Å². The molecular formula is C18H17F3N4OS2. The molecule has 1 unspecified atom stereocenters. The highest BCUT2D eigenvalue weighted by Crippen LogP contribution is 2.37. The molecule has 148 valence electrons. The monoisotopic (exact) mass is 426 g/mol. The first-order valence-corrected chi connectivity index (χ1v) is 10.5. The summed E-state index contributed by atoms with van der Waals surface area (Å²) in [5.74, 6) is 0.588. The largest absolute Gasteiger partial charge is 0.435 e. The molecule has 0 saturated heterocycles. The normalized spacial score (nSPS) is 17.1. The molecule has 0 aromatic carbocycles. The molecule has 4 rings (SSSR count). The molecule has 3 aromatic rings. The molecule has 1 atom stereocenters. The number of alkyl halides is 3.